The molecule has 9 heteroatoms. The Morgan fingerprint density at radius 1 is 1.52 bits per heavy atom. The molecule has 1 aliphatic heterocycles. The van der Waals surface area contributed by atoms with Gasteiger partial charge in [-0.1, -0.05) is 6.92 Å². The third kappa shape index (κ3) is 3.53. The lowest BCUT2D eigenvalue weighted by Crippen LogP contribution is -2.47. The summed E-state index contributed by atoms with van der Waals surface area (Å²) in [5, 5.41) is 38.9. The highest BCUT2D eigenvalue weighted by atomic mass is 32.2. The molecule has 1 unspecified atom stereocenters. The van der Waals surface area contributed by atoms with Gasteiger partial charge in [0.2, 0.25) is 5.79 Å². The number of aliphatic carboxylic acids is 1. The number of ether oxygens (including phenoxy) is 2. The van der Waals surface area contributed by atoms with E-state index in [1.807, 2.05) is 0 Å². The number of aliphatic hydroxyl groups excluding tert-OH is 1. The second kappa shape index (κ2) is 7.11. The summed E-state index contributed by atoms with van der Waals surface area (Å²) in [6.45, 7) is 3.33. The van der Waals surface area contributed by atoms with Gasteiger partial charge in [0.1, 0.15) is 17.1 Å². The first-order valence-electron chi connectivity index (χ1n) is 7.47. The number of carboxylic acids is 1. The van der Waals surface area contributed by atoms with Crippen LogP contribution in [0.3, 0.4) is 0 Å². The second-order valence-corrected chi connectivity index (χ2v) is 6.87. The number of fused-ring (bicyclic) bond motifs is 1. The van der Waals surface area contributed by atoms with Crippen molar-refractivity contribution in [3.8, 4) is 11.5 Å². The zero-order valence-corrected chi connectivity index (χ0v) is 14.8. The molecule has 0 amide bonds. The van der Waals surface area contributed by atoms with Crippen molar-refractivity contribution in [2.45, 2.75) is 31.7 Å². The highest BCUT2D eigenvalue weighted by molar-refractivity contribution is 7.99. The van der Waals surface area contributed by atoms with Crippen LogP contribution in [0.2, 0.25) is 0 Å². The van der Waals surface area contributed by atoms with E-state index < -0.39 is 29.7 Å². The van der Waals surface area contributed by atoms with Gasteiger partial charge in [-0.25, -0.2) is 9.59 Å². The number of rotatable bonds is 6. The smallest absolute Gasteiger partial charge is 0.344 e. The largest absolute Gasteiger partial charge is 0.507 e. The van der Waals surface area contributed by atoms with Crippen LogP contribution in [0.5, 0.6) is 11.5 Å². The van der Waals surface area contributed by atoms with Crippen molar-refractivity contribution in [3.63, 3.8) is 0 Å². The summed E-state index contributed by atoms with van der Waals surface area (Å²) in [6, 6.07) is 1.31. The minimum atomic E-state index is -1.91. The Balaban J connectivity index is 2.33. The molecule has 0 saturated heterocycles. The van der Waals surface area contributed by atoms with Gasteiger partial charge < -0.3 is 29.9 Å². The molecule has 0 saturated carbocycles. The molecule has 0 aromatic heterocycles. The maximum atomic E-state index is 12.3. The van der Waals surface area contributed by atoms with Crippen LogP contribution in [0.15, 0.2) is 6.07 Å². The molecular weight excluding hydrogens is 352 g/mol. The summed E-state index contributed by atoms with van der Waals surface area (Å²) >= 11 is 0.944. The minimum Gasteiger partial charge on any atom is -0.507 e. The summed E-state index contributed by atoms with van der Waals surface area (Å²) in [4.78, 5) is 22.9. The maximum Gasteiger partial charge on any atom is 0.344 e. The van der Waals surface area contributed by atoms with Gasteiger partial charge in [0.25, 0.3) is 0 Å². The van der Waals surface area contributed by atoms with Crippen LogP contribution in [0.4, 0.5) is 0 Å². The van der Waals surface area contributed by atoms with Gasteiger partial charge in [-0.15, -0.1) is 0 Å². The Bertz CT molecular complexity index is 704. The molecule has 138 valence electrons. The lowest BCUT2D eigenvalue weighted by molar-refractivity contribution is -0.166. The molecule has 0 spiro atoms. The van der Waals surface area contributed by atoms with E-state index in [0.717, 1.165) is 11.8 Å². The van der Waals surface area contributed by atoms with Crippen LogP contribution in [0.1, 0.15) is 34.3 Å². The van der Waals surface area contributed by atoms with Gasteiger partial charge in [-0.05, 0) is 18.1 Å². The number of methoxy groups -OCH3 is 1. The van der Waals surface area contributed by atoms with Crippen molar-refractivity contribution in [1.29, 1.82) is 0 Å². The summed E-state index contributed by atoms with van der Waals surface area (Å²) in [7, 11) is 1.43. The number of carbonyl (C=O) groups is 2. The van der Waals surface area contributed by atoms with Crippen molar-refractivity contribution in [2.75, 3.05) is 18.6 Å². The quantitative estimate of drug-likeness (QED) is 0.536. The lowest BCUT2D eigenvalue weighted by atomic mass is 9.83. The Hall–Kier alpha value is -1.97. The molecule has 25 heavy (non-hydrogen) atoms. The van der Waals surface area contributed by atoms with E-state index in [2.05, 4.69) is 0 Å². The van der Waals surface area contributed by atoms with Crippen molar-refractivity contribution < 1.29 is 39.5 Å². The molecule has 1 aromatic carbocycles. The summed E-state index contributed by atoms with van der Waals surface area (Å²) in [6.07, 6.45) is -1.58. The van der Waals surface area contributed by atoms with Gasteiger partial charge in [0.15, 0.2) is 6.10 Å². The summed E-state index contributed by atoms with van der Waals surface area (Å²) in [5.74, 6) is -5.09. The molecule has 0 fully saturated rings. The van der Waals surface area contributed by atoms with Crippen LogP contribution in [-0.4, -0.2) is 62.9 Å². The molecule has 1 heterocycles. The zero-order chi connectivity index (χ0) is 18.9. The van der Waals surface area contributed by atoms with Gasteiger partial charge >= 0.3 is 11.9 Å². The van der Waals surface area contributed by atoms with Crippen molar-refractivity contribution in [3.05, 3.63) is 22.8 Å². The summed E-state index contributed by atoms with van der Waals surface area (Å²) < 4.78 is 10.3. The number of carbonyl (C=O) groups excluding carboxylic acids is 1. The number of hydrogen-bond acceptors (Lipinski definition) is 8. The van der Waals surface area contributed by atoms with E-state index in [4.69, 9.17) is 14.6 Å². The van der Waals surface area contributed by atoms with E-state index in [9.17, 15) is 24.9 Å². The monoisotopic (exact) mass is 372 g/mol. The number of aromatic hydroxyl groups is 1. The van der Waals surface area contributed by atoms with Crippen LogP contribution < -0.4 is 4.74 Å². The van der Waals surface area contributed by atoms with Gasteiger partial charge in [0.05, 0.1) is 12.9 Å². The number of carboxylic acid groups (broad SMARTS) is 1. The SMILES string of the molecule is COc1cc(O)c2c(c1C)[C@H](C)[C@](O)(CSCC(O)C(=O)O)OC2=O. The molecule has 3 atom stereocenters. The minimum absolute atomic E-state index is 0.0222. The summed E-state index contributed by atoms with van der Waals surface area (Å²) in [5.41, 5.74) is 0.981. The van der Waals surface area contributed by atoms with E-state index >= 15 is 0 Å². The highest BCUT2D eigenvalue weighted by Gasteiger charge is 2.47. The number of benzene rings is 1. The molecule has 2 rings (SSSR count). The van der Waals surface area contributed by atoms with Crippen LogP contribution in [-0.2, 0) is 9.53 Å². The molecule has 1 aliphatic rings. The maximum absolute atomic E-state index is 12.3. The van der Waals surface area contributed by atoms with Gasteiger partial charge in [-0.2, -0.15) is 11.8 Å². The van der Waals surface area contributed by atoms with E-state index in [1.54, 1.807) is 13.8 Å². The van der Waals surface area contributed by atoms with Crippen LogP contribution >= 0.6 is 11.8 Å². The molecule has 1 aromatic rings. The normalized spacial score (nSPS) is 23.6. The van der Waals surface area contributed by atoms with Crippen LogP contribution in [0.25, 0.3) is 0 Å². The highest BCUT2D eigenvalue weighted by Crippen LogP contribution is 2.46. The Morgan fingerprint density at radius 2 is 2.16 bits per heavy atom. The molecule has 0 bridgehead atoms. The number of thioether (sulfide) groups is 1. The Morgan fingerprint density at radius 3 is 2.72 bits per heavy atom. The van der Waals surface area contributed by atoms with Gasteiger partial charge in [-0.3, -0.25) is 0 Å². The number of cyclic esters (lactones) is 1. The predicted octanol–water partition coefficient (Wildman–Crippen LogP) is 0.850. The molecular formula is C16H20O8S. The number of phenolic OH excluding ortho intramolecular Hbond substituents is 1. The number of aliphatic hydroxyl groups is 2. The van der Waals surface area contributed by atoms with Gasteiger partial charge in [0, 0.05) is 17.7 Å². The molecule has 8 nitrogen and oxygen atoms in total. The van der Waals surface area contributed by atoms with E-state index in [1.165, 1.54) is 13.2 Å². The zero-order valence-electron chi connectivity index (χ0n) is 14.0. The van der Waals surface area contributed by atoms with E-state index in [0.29, 0.717) is 16.9 Å². The first-order valence-corrected chi connectivity index (χ1v) is 8.62. The lowest BCUT2D eigenvalue weighted by Gasteiger charge is -2.39. The predicted molar refractivity (Wildman–Crippen MR) is 89.1 cm³/mol. The fourth-order valence-electron chi connectivity index (χ4n) is 2.80. The fraction of sp³-hybridized carbons (Fsp3) is 0.500. The molecule has 0 radical (unpaired) electrons. The third-order valence-corrected chi connectivity index (χ3v) is 5.41. The average Bonchev–Trinajstić information content (AvgIpc) is 2.54. The van der Waals surface area contributed by atoms with Crippen molar-refractivity contribution in [2.24, 2.45) is 0 Å². The Kier molecular flexibility index (Phi) is 5.50. The fourth-order valence-corrected chi connectivity index (χ4v) is 3.88. The molecule has 4 N–H and O–H groups in total. The van der Waals surface area contributed by atoms with Crippen molar-refractivity contribution >= 4 is 23.7 Å². The first kappa shape index (κ1) is 19.4. The number of hydrogen-bond donors (Lipinski definition) is 4. The topological polar surface area (TPSA) is 134 Å². The van der Waals surface area contributed by atoms with E-state index in [-0.39, 0.29) is 22.8 Å². The standard InChI is InChI=1S/C16H20O8S/c1-7-11(23-3)4-9(17)13-12(7)8(2)16(22,24-15(13)21)6-25-5-10(18)14(19)20/h4,8,10,17-18,22H,5-6H2,1-3H3,(H,19,20)/t8-,10?,16-/m0/s1. The number of phenols is 1. The second-order valence-electron chi connectivity index (χ2n) is 5.84. The first-order chi connectivity index (χ1) is 11.6. The van der Waals surface area contributed by atoms with Crippen LogP contribution in [0, 0.1) is 6.92 Å². The molecule has 0 aliphatic carbocycles. The number of esters is 1. The third-order valence-electron chi connectivity index (χ3n) is 4.24. The Labute approximate surface area is 148 Å². The van der Waals surface area contributed by atoms with Crippen molar-refractivity contribution in [1.82, 2.24) is 0 Å². The average molecular weight is 372 g/mol.